The molecule has 0 aliphatic heterocycles. The number of hydrogen-bond donors (Lipinski definition) is 10. The van der Waals surface area contributed by atoms with Crippen molar-refractivity contribution in [2.24, 2.45) is 38.7 Å². The van der Waals surface area contributed by atoms with E-state index in [2.05, 4.69) is 41.2 Å². The molecule has 5 amide bonds. The Bertz CT molecular complexity index is 1370. The zero-order valence-electron chi connectivity index (χ0n) is 26.3. The Morgan fingerprint density at radius 1 is 0.723 bits per heavy atom. The van der Waals surface area contributed by atoms with E-state index in [9.17, 15) is 24.0 Å². The third-order valence-electron chi connectivity index (χ3n) is 6.77. The van der Waals surface area contributed by atoms with Crippen LogP contribution in [0.3, 0.4) is 0 Å². The molecule has 4 atom stereocenters. The molecule has 0 spiro atoms. The van der Waals surface area contributed by atoms with Gasteiger partial charge < -0.3 is 54.9 Å². The number of carbonyl (C=O) groups excluding carboxylic acids is 5. The molecule has 47 heavy (non-hydrogen) atoms. The zero-order chi connectivity index (χ0) is 34.8. The van der Waals surface area contributed by atoms with E-state index in [0.29, 0.717) is 12.1 Å². The summed E-state index contributed by atoms with van der Waals surface area (Å²) in [4.78, 5) is 79.3. The fourth-order valence-corrected chi connectivity index (χ4v) is 4.51. The highest BCUT2D eigenvalue weighted by Gasteiger charge is 2.31. The number of nitrogens with zero attached hydrogens (tertiary/aromatic N) is 3. The Kier molecular flexibility index (Phi) is 15.7. The summed E-state index contributed by atoms with van der Waals surface area (Å²) in [7, 11) is 0. The Labute approximate surface area is 272 Å². The van der Waals surface area contributed by atoms with E-state index in [4.69, 9.17) is 28.7 Å². The van der Waals surface area contributed by atoms with Crippen LogP contribution in [0.1, 0.15) is 43.9 Å². The van der Waals surface area contributed by atoms with Gasteiger partial charge in [0, 0.05) is 44.7 Å². The van der Waals surface area contributed by atoms with Crippen LogP contribution in [0.25, 0.3) is 0 Å². The van der Waals surface area contributed by atoms with E-state index in [1.165, 1.54) is 19.4 Å². The maximum Gasteiger partial charge on any atom is 0.243 e. The van der Waals surface area contributed by atoms with Gasteiger partial charge in [-0.3, -0.25) is 34.0 Å². The van der Waals surface area contributed by atoms with Crippen molar-refractivity contribution in [1.29, 1.82) is 0 Å². The molecule has 2 aromatic rings. The largest absolute Gasteiger partial charge is 0.370 e. The van der Waals surface area contributed by atoms with Crippen LogP contribution in [0.2, 0.25) is 0 Å². The van der Waals surface area contributed by atoms with Crippen LogP contribution < -0.4 is 49.9 Å². The predicted octanol–water partition coefficient (Wildman–Crippen LogP) is -3.25. The van der Waals surface area contributed by atoms with Crippen LogP contribution >= 0.6 is 0 Å². The minimum atomic E-state index is -1.16. The molecule has 18 nitrogen and oxygen atoms in total. The molecule has 18 heteroatoms. The Balaban J connectivity index is 2.29. The van der Waals surface area contributed by atoms with E-state index < -0.39 is 53.7 Å². The van der Waals surface area contributed by atoms with Gasteiger partial charge in [0.15, 0.2) is 11.9 Å². The molecule has 0 unspecified atom stereocenters. The number of guanidine groups is 2. The minimum Gasteiger partial charge on any atom is -0.370 e. The number of nitrogens with one attached hydrogen (secondary N) is 5. The van der Waals surface area contributed by atoms with E-state index in [1.807, 2.05) is 0 Å². The first kappa shape index (κ1) is 37.5. The normalized spacial score (nSPS) is 13.1. The Hall–Kier alpha value is -5.68. The Morgan fingerprint density at radius 2 is 1.23 bits per heavy atom. The summed E-state index contributed by atoms with van der Waals surface area (Å²) < 4.78 is 0. The van der Waals surface area contributed by atoms with Gasteiger partial charge in [0.2, 0.25) is 29.5 Å². The summed E-state index contributed by atoms with van der Waals surface area (Å²) in [5.41, 5.74) is 28.3. The zero-order valence-corrected chi connectivity index (χ0v) is 26.3. The smallest absolute Gasteiger partial charge is 0.243 e. The van der Waals surface area contributed by atoms with E-state index in [1.54, 1.807) is 30.3 Å². The lowest BCUT2D eigenvalue weighted by Gasteiger charge is -2.26. The molecule has 1 heterocycles. The molecule has 0 aliphatic carbocycles. The molecule has 2 rings (SSSR count). The van der Waals surface area contributed by atoms with Crippen molar-refractivity contribution in [3.05, 3.63) is 54.1 Å². The number of imidazole rings is 1. The van der Waals surface area contributed by atoms with Crippen LogP contribution in [0.15, 0.2) is 52.8 Å². The molecule has 0 fully saturated rings. The lowest BCUT2D eigenvalue weighted by Crippen LogP contribution is -2.58. The van der Waals surface area contributed by atoms with Crippen molar-refractivity contribution >= 4 is 41.5 Å². The summed E-state index contributed by atoms with van der Waals surface area (Å²) in [6, 6.07) is 4.48. The van der Waals surface area contributed by atoms with Gasteiger partial charge in [-0.15, -0.1) is 0 Å². The lowest BCUT2D eigenvalue weighted by molar-refractivity contribution is -0.134. The van der Waals surface area contributed by atoms with Crippen LogP contribution in [-0.2, 0) is 36.8 Å². The molecule has 0 radical (unpaired) electrons. The van der Waals surface area contributed by atoms with Crippen LogP contribution in [-0.4, -0.2) is 88.7 Å². The van der Waals surface area contributed by atoms with Crippen molar-refractivity contribution in [2.45, 2.75) is 69.6 Å². The second kappa shape index (κ2) is 19.7. The monoisotopic (exact) mass is 655 g/mol. The van der Waals surface area contributed by atoms with Crippen LogP contribution in [0.5, 0.6) is 0 Å². The van der Waals surface area contributed by atoms with E-state index in [-0.39, 0.29) is 57.1 Å². The standard InChI is InChI=1S/C29H45N13O5/c1-17(43)39-23(14-19-15-35-16-38-19)27(47)42-22(13-18-7-3-2-4-8-18)26(46)41-21(10-6-12-37-29(33)34)25(45)40-20(24(30)44)9-5-11-36-28(31)32/h2-4,7-8,15-16,20-23H,5-6,9-14H2,1H3,(H2,30,44)(H,35,38)(H,39,43)(H,40,45)(H,41,46)(H,42,47)(H4,31,32,36)(H4,33,34,37)/t20-,21-,22+,23-/m0/s1. The van der Waals surface area contributed by atoms with Gasteiger partial charge in [0.05, 0.1) is 6.33 Å². The van der Waals surface area contributed by atoms with Gasteiger partial charge in [-0.05, 0) is 31.2 Å². The van der Waals surface area contributed by atoms with Crippen molar-refractivity contribution in [3.63, 3.8) is 0 Å². The number of carbonyl (C=O) groups is 5. The number of nitrogens with two attached hydrogens (primary N) is 5. The highest BCUT2D eigenvalue weighted by Crippen LogP contribution is 2.08. The average Bonchev–Trinajstić information content (AvgIpc) is 3.52. The number of rotatable bonds is 20. The molecule has 0 saturated heterocycles. The predicted molar refractivity (Wildman–Crippen MR) is 175 cm³/mol. The summed E-state index contributed by atoms with van der Waals surface area (Å²) in [5, 5.41) is 10.6. The molecule has 1 aromatic carbocycles. The summed E-state index contributed by atoms with van der Waals surface area (Å²) in [6.07, 6.45) is 3.94. The molecule has 0 aliphatic rings. The quantitative estimate of drug-likeness (QED) is 0.0386. The van der Waals surface area contributed by atoms with Crippen molar-refractivity contribution in [1.82, 2.24) is 31.2 Å². The molecule has 1 aromatic heterocycles. The number of hydrogen-bond acceptors (Lipinski definition) is 8. The summed E-state index contributed by atoms with van der Waals surface area (Å²) in [6.45, 7) is 1.64. The number of H-pyrrole nitrogens is 1. The first-order chi connectivity index (χ1) is 22.3. The maximum absolute atomic E-state index is 13.8. The number of aromatic nitrogens is 2. The van der Waals surface area contributed by atoms with Gasteiger partial charge >= 0.3 is 0 Å². The van der Waals surface area contributed by atoms with Crippen LogP contribution in [0, 0.1) is 0 Å². The lowest BCUT2D eigenvalue weighted by atomic mass is 10.0. The minimum absolute atomic E-state index is 0.0618. The molecular formula is C29H45N13O5. The van der Waals surface area contributed by atoms with Gasteiger partial charge in [-0.2, -0.15) is 0 Å². The number of amides is 5. The van der Waals surface area contributed by atoms with Crippen molar-refractivity contribution < 1.29 is 24.0 Å². The van der Waals surface area contributed by atoms with Crippen molar-refractivity contribution in [2.75, 3.05) is 13.1 Å². The molecular weight excluding hydrogens is 610 g/mol. The first-order valence-electron chi connectivity index (χ1n) is 14.9. The van der Waals surface area contributed by atoms with E-state index >= 15 is 0 Å². The second-order valence-electron chi connectivity index (χ2n) is 10.7. The van der Waals surface area contributed by atoms with E-state index in [0.717, 1.165) is 5.56 Å². The van der Waals surface area contributed by atoms with Crippen molar-refractivity contribution in [3.8, 4) is 0 Å². The average molecular weight is 656 g/mol. The van der Waals surface area contributed by atoms with Gasteiger partial charge in [-0.25, -0.2) is 4.98 Å². The number of aromatic amines is 1. The third-order valence-corrected chi connectivity index (χ3v) is 6.77. The fraction of sp³-hybridized carbons (Fsp3) is 0.448. The number of aliphatic imine (C=N–C) groups is 2. The van der Waals surface area contributed by atoms with Gasteiger partial charge in [0.25, 0.3) is 0 Å². The SMILES string of the molecule is CC(=O)N[C@@H](Cc1cnc[nH]1)C(=O)N[C@H](Cc1ccccc1)C(=O)N[C@@H](CCCN=C(N)N)C(=O)N[C@@H](CCCN=C(N)N)C(N)=O. The van der Waals surface area contributed by atoms with Crippen LogP contribution in [0.4, 0.5) is 0 Å². The topological polar surface area (TPSA) is 317 Å². The van der Waals surface area contributed by atoms with Gasteiger partial charge in [-0.1, -0.05) is 30.3 Å². The highest BCUT2D eigenvalue weighted by atomic mass is 16.2. The second-order valence-corrected chi connectivity index (χ2v) is 10.7. The molecule has 256 valence electrons. The van der Waals surface area contributed by atoms with Gasteiger partial charge in [0.1, 0.15) is 24.2 Å². The maximum atomic E-state index is 13.8. The molecule has 15 N–H and O–H groups in total. The molecule has 0 bridgehead atoms. The summed E-state index contributed by atoms with van der Waals surface area (Å²) >= 11 is 0. The summed E-state index contributed by atoms with van der Waals surface area (Å²) in [5.74, 6) is -3.49. The number of benzene rings is 1. The number of primary amides is 1. The Morgan fingerprint density at radius 3 is 1.74 bits per heavy atom. The fourth-order valence-electron chi connectivity index (χ4n) is 4.51. The molecule has 0 saturated carbocycles. The third kappa shape index (κ3) is 14.8. The highest BCUT2D eigenvalue weighted by molar-refractivity contribution is 5.95. The first-order valence-corrected chi connectivity index (χ1v) is 14.9.